The topological polar surface area (TPSA) is 72.3 Å². The van der Waals surface area contributed by atoms with Crippen molar-refractivity contribution >= 4 is 27.4 Å². The van der Waals surface area contributed by atoms with Crippen molar-refractivity contribution in [2.75, 3.05) is 30.5 Å². The Morgan fingerprint density at radius 1 is 1.22 bits per heavy atom. The number of carbonyl (C=O) groups is 1. The molecule has 1 aliphatic rings. The van der Waals surface area contributed by atoms with E-state index < -0.39 is 9.84 Å². The van der Waals surface area contributed by atoms with Gasteiger partial charge in [-0.15, -0.1) is 0 Å². The minimum atomic E-state index is -2.97. The molecule has 0 spiro atoms. The summed E-state index contributed by atoms with van der Waals surface area (Å²) >= 11 is 0. The minimum absolute atomic E-state index is 0.0738. The Labute approximate surface area is 160 Å². The van der Waals surface area contributed by atoms with Gasteiger partial charge in [0.25, 0.3) is 0 Å². The Kier molecular flexibility index (Phi) is 5.24. The molecule has 2 aromatic rings. The SMILES string of the molecule is Cc1nn([C@@H]2CCS(=O)(=O)C2)c(C)c1/C=C/C(=O)c1ccc(N(C)C)cc1. The van der Waals surface area contributed by atoms with Gasteiger partial charge in [-0.05, 0) is 56.7 Å². The van der Waals surface area contributed by atoms with Gasteiger partial charge in [0, 0.05) is 36.6 Å². The summed E-state index contributed by atoms with van der Waals surface area (Å²) in [5.74, 6) is 0.271. The molecule has 0 saturated carbocycles. The lowest BCUT2D eigenvalue weighted by Gasteiger charge is -2.12. The summed E-state index contributed by atoms with van der Waals surface area (Å²) in [7, 11) is 0.936. The summed E-state index contributed by atoms with van der Waals surface area (Å²) < 4.78 is 25.3. The van der Waals surface area contributed by atoms with Gasteiger partial charge in [0.05, 0.1) is 23.2 Å². The predicted octanol–water partition coefficient (Wildman–Crippen LogP) is 2.82. The van der Waals surface area contributed by atoms with Crippen LogP contribution in [0.3, 0.4) is 0 Å². The van der Waals surface area contributed by atoms with E-state index in [0.717, 1.165) is 22.6 Å². The lowest BCUT2D eigenvalue weighted by atomic mass is 10.1. The molecule has 7 heteroatoms. The molecule has 0 amide bonds. The number of aryl methyl sites for hydroxylation is 1. The monoisotopic (exact) mass is 387 g/mol. The lowest BCUT2D eigenvalue weighted by Crippen LogP contribution is -2.13. The second-order valence-electron chi connectivity index (χ2n) is 7.22. The van der Waals surface area contributed by atoms with E-state index >= 15 is 0 Å². The van der Waals surface area contributed by atoms with E-state index in [2.05, 4.69) is 5.10 Å². The van der Waals surface area contributed by atoms with E-state index in [1.807, 2.05) is 57.1 Å². The van der Waals surface area contributed by atoms with E-state index in [1.54, 1.807) is 16.8 Å². The maximum atomic E-state index is 12.5. The highest BCUT2D eigenvalue weighted by atomic mass is 32.2. The zero-order valence-corrected chi connectivity index (χ0v) is 17.0. The Balaban J connectivity index is 1.80. The normalized spacial score (nSPS) is 18.9. The van der Waals surface area contributed by atoms with Crippen LogP contribution in [0.1, 0.15) is 39.8 Å². The molecular weight excluding hydrogens is 362 g/mol. The third-order valence-electron chi connectivity index (χ3n) is 5.00. The standard InChI is InChI=1S/C20H25N3O3S/c1-14-19(15(2)23(21-14)18-11-12-27(25,26)13-18)9-10-20(24)16-5-7-17(8-6-16)22(3)4/h5-10,18H,11-13H2,1-4H3/b10-9+/t18-/m1/s1. The van der Waals surface area contributed by atoms with Crippen LogP contribution in [0.15, 0.2) is 30.3 Å². The summed E-state index contributed by atoms with van der Waals surface area (Å²) in [5, 5.41) is 4.52. The molecule has 6 nitrogen and oxygen atoms in total. The fourth-order valence-corrected chi connectivity index (χ4v) is 5.11. The molecule has 3 rings (SSSR count). The van der Waals surface area contributed by atoms with Crippen LogP contribution in [-0.2, 0) is 9.84 Å². The van der Waals surface area contributed by atoms with E-state index in [1.165, 1.54) is 0 Å². The Morgan fingerprint density at radius 3 is 2.44 bits per heavy atom. The molecule has 27 heavy (non-hydrogen) atoms. The van der Waals surface area contributed by atoms with E-state index in [4.69, 9.17) is 0 Å². The molecule has 2 heterocycles. The van der Waals surface area contributed by atoms with E-state index in [0.29, 0.717) is 12.0 Å². The van der Waals surface area contributed by atoms with Crippen LogP contribution in [0.5, 0.6) is 0 Å². The largest absolute Gasteiger partial charge is 0.378 e. The third kappa shape index (κ3) is 4.13. The fraction of sp³-hybridized carbons (Fsp3) is 0.400. The van der Waals surface area contributed by atoms with Crippen molar-refractivity contribution in [2.24, 2.45) is 0 Å². The first-order valence-electron chi connectivity index (χ1n) is 8.94. The number of hydrogen-bond acceptors (Lipinski definition) is 5. The maximum Gasteiger partial charge on any atom is 0.185 e. The molecule has 1 aromatic carbocycles. The maximum absolute atomic E-state index is 12.5. The zero-order valence-electron chi connectivity index (χ0n) is 16.1. The van der Waals surface area contributed by atoms with Gasteiger partial charge in [0.2, 0.25) is 0 Å². The van der Waals surface area contributed by atoms with E-state index in [-0.39, 0.29) is 23.3 Å². The summed E-state index contributed by atoms with van der Waals surface area (Å²) in [6, 6.07) is 7.33. The predicted molar refractivity (Wildman–Crippen MR) is 108 cm³/mol. The first-order chi connectivity index (χ1) is 12.7. The Hall–Kier alpha value is -2.41. The summed E-state index contributed by atoms with van der Waals surface area (Å²) in [6.07, 6.45) is 3.92. The average molecular weight is 388 g/mol. The van der Waals surface area contributed by atoms with Gasteiger partial charge in [-0.25, -0.2) is 8.42 Å². The van der Waals surface area contributed by atoms with Crippen molar-refractivity contribution in [3.05, 3.63) is 52.9 Å². The van der Waals surface area contributed by atoms with Crippen molar-refractivity contribution in [2.45, 2.75) is 26.3 Å². The van der Waals surface area contributed by atoms with Crippen molar-refractivity contribution < 1.29 is 13.2 Å². The van der Waals surface area contributed by atoms with Crippen LogP contribution in [0.2, 0.25) is 0 Å². The number of benzene rings is 1. The van der Waals surface area contributed by atoms with Crippen LogP contribution < -0.4 is 4.90 Å². The molecular formula is C20H25N3O3S. The summed E-state index contributed by atoms with van der Waals surface area (Å²) in [6.45, 7) is 3.80. The lowest BCUT2D eigenvalue weighted by molar-refractivity contribution is 0.104. The van der Waals surface area contributed by atoms with E-state index in [9.17, 15) is 13.2 Å². The molecule has 1 aromatic heterocycles. The number of sulfone groups is 1. The van der Waals surface area contributed by atoms with Gasteiger partial charge < -0.3 is 4.90 Å². The smallest absolute Gasteiger partial charge is 0.185 e. The van der Waals surface area contributed by atoms with Gasteiger partial charge in [-0.1, -0.05) is 0 Å². The second-order valence-corrected chi connectivity index (χ2v) is 9.45. The number of hydrogen-bond donors (Lipinski definition) is 0. The molecule has 1 saturated heterocycles. The summed E-state index contributed by atoms with van der Waals surface area (Å²) in [4.78, 5) is 14.4. The molecule has 0 radical (unpaired) electrons. The van der Waals surface area contributed by atoms with Crippen molar-refractivity contribution in [1.82, 2.24) is 9.78 Å². The molecule has 0 aliphatic carbocycles. The number of aromatic nitrogens is 2. The van der Waals surface area contributed by atoms with Gasteiger partial charge in [0.15, 0.2) is 15.6 Å². The molecule has 1 aliphatic heterocycles. The highest BCUT2D eigenvalue weighted by Crippen LogP contribution is 2.27. The fourth-order valence-electron chi connectivity index (χ4n) is 3.42. The molecule has 1 atom stereocenters. The molecule has 0 N–H and O–H groups in total. The quantitative estimate of drug-likeness (QED) is 0.583. The summed E-state index contributed by atoms with van der Waals surface area (Å²) in [5.41, 5.74) is 4.22. The first kappa shape index (κ1) is 19.4. The Bertz CT molecular complexity index is 986. The van der Waals surface area contributed by atoms with Crippen LogP contribution in [0.25, 0.3) is 6.08 Å². The van der Waals surface area contributed by atoms with Crippen molar-refractivity contribution in [1.29, 1.82) is 0 Å². The van der Waals surface area contributed by atoms with Gasteiger partial charge in [-0.2, -0.15) is 5.10 Å². The van der Waals surface area contributed by atoms with Crippen LogP contribution in [0.4, 0.5) is 5.69 Å². The molecule has 144 valence electrons. The van der Waals surface area contributed by atoms with Gasteiger partial charge >= 0.3 is 0 Å². The number of allylic oxidation sites excluding steroid dienone is 1. The molecule has 1 fully saturated rings. The second kappa shape index (κ2) is 7.31. The van der Waals surface area contributed by atoms with Crippen LogP contribution >= 0.6 is 0 Å². The zero-order chi connectivity index (χ0) is 19.8. The highest BCUT2D eigenvalue weighted by Gasteiger charge is 2.31. The third-order valence-corrected chi connectivity index (χ3v) is 6.76. The Morgan fingerprint density at radius 2 is 1.89 bits per heavy atom. The minimum Gasteiger partial charge on any atom is -0.378 e. The first-order valence-corrected chi connectivity index (χ1v) is 10.8. The van der Waals surface area contributed by atoms with Crippen LogP contribution in [0, 0.1) is 13.8 Å². The van der Waals surface area contributed by atoms with Gasteiger partial charge in [0.1, 0.15) is 0 Å². The highest BCUT2D eigenvalue weighted by molar-refractivity contribution is 7.91. The van der Waals surface area contributed by atoms with Crippen molar-refractivity contribution in [3.63, 3.8) is 0 Å². The number of anilines is 1. The number of ketones is 1. The average Bonchev–Trinajstić information content (AvgIpc) is 3.12. The van der Waals surface area contributed by atoms with Gasteiger partial charge in [-0.3, -0.25) is 9.48 Å². The van der Waals surface area contributed by atoms with Crippen LogP contribution in [-0.4, -0.2) is 49.6 Å². The number of nitrogens with zero attached hydrogens (tertiary/aromatic N) is 3. The van der Waals surface area contributed by atoms with Crippen molar-refractivity contribution in [3.8, 4) is 0 Å². The molecule has 0 unspecified atom stereocenters. The molecule has 0 bridgehead atoms. The number of carbonyl (C=O) groups excluding carboxylic acids is 1. The number of rotatable bonds is 5.